The molecule has 0 aromatic carbocycles. The topological polar surface area (TPSA) is 78.6 Å². The van der Waals surface area contributed by atoms with E-state index in [1.165, 1.54) is 0 Å². The van der Waals surface area contributed by atoms with Gasteiger partial charge in [0.2, 0.25) is 0 Å². The Kier molecular flexibility index (Phi) is 1.65. The maximum Gasteiger partial charge on any atom is 0.161 e. The molecule has 1 heterocycles. The first-order valence-corrected chi connectivity index (χ1v) is 3.09. The van der Waals surface area contributed by atoms with Crippen molar-refractivity contribution >= 4 is 0 Å². The molecular weight excluding hydrogens is 140 g/mol. The zero-order chi connectivity index (χ0) is 8.43. The Hall–Kier alpha value is -1.76. The predicted octanol–water partition coefficient (Wildman–Crippen LogP) is -0.139. The summed E-state index contributed by atoms with van der Waals surface area (Å²) in [5.41, 5.74) is 1.15. The van der Waals surface area contributed by atoms with E-state index in [2.05, 4.69) is 0 Å². The van der Waals surface area contributed by atoms with Crippen LogP contribution in [0, 0.1) is 23.7 Å². The summed E-state index contributed by atoms with van der Waals surface area (Å²) < 4.78 is 1.12. The molecule has 0 unspecified atom stereocenters. The van der Waals surface area contributed by atoms with Gasteiger partial charge in [0.25, 0.3) is 0 Å². The van der Waals surface area contributed by atoms with Gasteiger partial charge in [-0.1, -0.05) is 0 Å². The lowest BCUT2D eigenvalue weighted by Gasteiger charge is -2.01. The number of nitrogen functional groups attached to an aromatic ring is 1. The number of hydrogen-bond donors (Lipinski definition) is 2. The van der Waals surface area contributed by atoms with Gasteiger partial charge in [-0.05, 0) is 18.6 Å². The third-order valence-corrected chi connectivity index (χ3v) is 1.49. The molecule has 0 fully saturated rings. The highest BCUT2D eigenvalue weighted by molar-refractivity contribution is 5.32. The van der Waals surface area contributed by atoms with Crippen LogP contribution in [0.2, 0.25) is 0 Å². The molecule has 0 saturated heterocycles. The van der Waals surface area contributed by atoms with Crippen molar-refractivity contribution in [3.8, 4) is 6.07 Å². The van der Waals surface area contributed by atoms with Gasteiger partial charge in [0, 0.05) is 6.20 Å². The maximum atomic E-state index is 8.58. The summed E-state index contributed by atoms with van der Waals surface area (Å²) in [5.74, 6) is 5.34. The zero-order valence-electron chi connectivity index (χ0n) is 6.13. The van der Waals surface area contributed by atoms with E-state index in [9.17, 15) is 0 Å². The normalized spacial score (nSPS) is 9.09. The fourth-order valence-electron chi connectivity index (χ4n) is 0.807. The molecule has 0 aliphatic carbocycles. The molecule has 0 radical (unpaired) electrons. The van der Waals surface area contributed by atoms with Gasteiger partial charge >= 0.3 is 0 Å². The SMILES string of the molecule is Cc1ccn(N)c(=N)c1C#N. The van der Waals surface area contributed by atoms with Crippen molar-refractivity contribution in [1.82, 2.24) is 4.68 Å². The molecule has 4 nitrogen and oxygen atoms in total. The van der Waals surface area contributed by atoms with Crippen molar-refractivity contribution in [2.24, 2.45) is 0 Å². The van der Waals surface area contributed by atoms with Crippen LogP contribution in [-0.4, -0.2) is 4.68 Å². The molecule has 1 aromatic heterocycles. The minimum Gasteiger partial charge on any atom is -0.338 e. The summed E-state index contributed by atoms with van der Waals surface area (Å²) in [6.45, 7) is 1.77. The maximum absolute atomic E-state index is 8.58. The van der Waals surface area contributed by atoms with Crippen LogP contribution in [0.3, 0.4) is 0 Å². The molecule has 0 atom stereocenters. The molecule has 0 amide bonds. The predicted molar refractivity (Wildman–Crippen MR) is 39.9 cm³/mol. The van der Waals surface area contributed by atoms with Gasteiger partial charge in [-0.15, -0.1) is 0 Å². The Morgan fingerprint density at radius 1 is 1.73 bits per heavy atom. The number of nitrogens with one attached hydrogen (secondary N) is 1. The van der Waals surface area contributed by atoms with Crippen LogP contribution in [0.4, 0.5) is 0 Å². The summed E-state index contributed by atoms with van der Waals surface area (Å²) >= 11 is 0. The summed E-state index contributed by atoms with van der Waals surface area (Å²) in [6.07, 6.45) is 1.55. The highest BCUT2D eigenvalue weighted by Gasteiger charge is 1.99. The van der Waals surface area contributed by atoms with Crippen molar-refractivity contribution in [3.63, 3.8) is 0 Å². The second-order valence-corrected chi connectivity index (χ2v) is 2.24. The number of aryl methyl sites for hydroxylation is 1. The van der Waals surface area contributed by atoms with Crippen LogP contribution in [0.5, 0.6) is 0 Å². The second-order valence-electron chi connectivity index (χ2n) is 2.24. The summed E-state index contributed by atoms with van der Waals surface area (Å²) in [5, 5.41) is 15.9. The fraction of sp³-hybridized carbons (Fsp3) is 0.143. The van der Waals surface area contributed by atoms with E-state index < -0.39 is 0 Å². The van der Waals surface area contributed by atoms with Gasteiger partial charge < -0.3 is 5.84 Å². The largest absolute Gasteiger partial charge is 0.338 e. The van der Waals surface area contributed by atoms with E-state index in [1.54, 1.807) is 19.2 Å². The molecule has 0 aliphatic rings. The van der Waals surface area contributed by atoms with Crippen LogP contribution in [0.15, 0.2) is 12.3 Å². The third-order valence-electron chi connectivity index (χ3n) is 1.49. The molecule has 1 aromatic rings. The first-order chi connectivity index (χ1) is 5.16. The Labute approximate surface area is 64.0 Å². The van der Waals surface area contributed by atoms with Crippen LogP contribution in [0.25, 0.3) is 0 Å². The number of nitriles is 1. The van der Waals surface area contributed by atoms with Gasteiger partial charge in [0.1, 0.15) is 6.07 Å². The quantitative estimate of drug-likeness (QED) is 0.502. The van der Waals surface area contributed by atoms with Crippen LogP contribution in [0.1, 0.15) is 11.1 Å². The Morgan fingerprint density at radius 2 is 2.36 bits per heavy atom. The molecule has 0 spiro atoms. The lowest BCUT2D eigenvalue weighted by atomic mass is 10.2. The number of nitrogens with two attached hydrogens (primary N) is 1. The van der Waals surface area contributed by atoms with Gasteiger partial charge in [-0.3, -0.25) is 10.1 Å². The van der Waals surface area contributed by atoms with E-state index in [0.717, 1.165) is 10.2 Å². The number of hydrogen-bond acceptors (Lipinski definition) is 3. The molecule has 3 N–H and O–H groups in total. The lowest BCUT2D eigenvalue weighted by Crippen LogP contribution is -2.29. The fourth-order valence-corrected chi connectivity index (χ4v) is 0.807. The van der Waals surface area contributed by atoms with Gasteiger partial charge in [-0.25, -0.2) is 0 Å². The van der Waals surface area contributed by atoms with Gasteiger partial charge in [0.15, 0.2) is 5.49 Å². The Bertz CT molecular complexity index is 369. The van der Waals surface area contributed by atoms with Crippen molar-refractivity contribution in [3.05, 3.63) is 28.9 Å². The minimum absolute atomic E-state index is 0.0486. The Balaban J connectivity index is 3.58. The van der Waals surface area contributed by atoms with Crippen LogP contribution >= 0.6 is 0 Å². The average molecular weight is 148 g/mol. The average Bonchev–Trinajstić information content (AvgIpc) is 1.99. The minimum atomic E-state index is 0.0486. The highest BCUT2D eigenvalue weighted by atomic mass is 15.3. The van der Waals surface area contributed by atoms with Crippen LogP contribution in [-0.2, 0) is 0 Å². The molecule has 0 saturated carbocycles. The summed E-state index contributed by atoms with van der Waals surface area (Å²) in [7, 11) is 0. The third kappa shape index (κ3) is 1.08. The van der Waals surface area contributed by atoms with Gasteiger partial charge in [0.05, 0.1) is 5.56 Å². The summed E-state index contributed by atoms with van der Waals surface area (Å²) in [4.78, 5) is 0. The summed E-state index contributed by atoms with van der Waals surface area (Å²) in [6, 6.07) is 3.62. The highest BCUT2D eigenvalue weighted by Crippen LogP contribution is 1.97. The molecule has 4 heteroatoms. The van der Waals surface area contributed by atoms with E-state index in [1.807, 2.05) is 6.07 Å². The Morgan fingerprint density at radius 3 is 2.82 bits per heavy atom. The van der Waals surface area contributed by atoms with E-state index in [4.69, 9.17) is 16.5 Å². The van der Waals surface area contributed by atoms with Crippen molar-refractivity contribution in [1.29, 1.82) is 10.7 Å². The first kappa shape index (κ1) is 7.35. The number of aromatic nitrogens is 1. The van der Waals surface area contributed by atoms with Crippen molar-refractivity contribution < 1.29 is 0 Å². The first-order valence-electron chi connectivity index (χ1n) is 3.09. The number of nitrogens with zero attached hydrogens (tertiary/aromatic N) is 2. The van der Waals surface area contributed by atoms with E-state index in [0.29, 0.717) is 5.56 Å². The van der Waals surface area contributed by atoms with Crippen molar-refractivity contribution in [2.45, 2.75) is 6.92 Å². The van der Waals surface area contributed by atoms with Crippen molar-refractivity contribution in [2.75, 3.05) is 5.84 Å². The van der Waals surface area contributed by atoms with Gasteiger partial charge in [-0.2, -0.15) is 5.26 Å². The monoisotopic (exact) mass is 148 g/mol. The standard InChI is InChI=1S/C7H8N4/c1-5-2-3-11(10)7(9)6(5)4-8/h2-3,9H,10H2,1H3. The molecule has 11 heavy (non-hydrogen) atoms. The smallest absolute Gasteiger partial charge is 0.161 e. The number of rotatable bonds is 0. The molecule has 0 aliphatic heterocycles. The lowest BCUT2D eigenvalue weighted by molar-refractivity contribution is 0.867. The molecular formula is C7H8N4. The molecule has 56 valence electrons. The van der Waals surface area contributed by atoms with Crippen LogP contribution < -0.4 is 11.3 Å². The number of pyridine rings is 1. The molecule has 0 bridgehead atoms. The molecule has 1 rings (SSSR count). The van der Waals surface area contributed by atoms with E-state index >= 15 is 0 Å². The zero-order valence-corrected chi connectivity index (χ0v) is 6.13. The van der Waals surface area contributed by atoms with E-state index in [-0.39, 0.29) is 5.49 Å². The second kappa shape index (κ2) is 2.46.